The minimum Gasteiger partial charge on any atom is -0.368 e. The lowest BCUT2D eigenvalue weighted by Gasteiger charge is -2.34. The predicted octanol–water partition coefficient (Wildman–Crippen LogP) is 3.57. The third kappa shape index (κ3) is 4.32. The number of benzene rings is 1. The summed E-state index contributed by atoms with van der Waals surface area (Å²) in [6, 6.07) is 8.24. The second kappa shape index (κ2) is 8.37. The molecule has 1 aromatic carbocycles. The molecule has 2 N–H and O–H groups in total. The van der Waals surface area contributed by atoms with Crippen molar-refractivity contribution in [3.8, 4) is 0 Å². The van der Waals surface area contributed by atoms with Crippen molar-refractivity contribution in [3.05, 3.63) is 29.8 Å². The van der Waals surface area contributed by atoms with Gasteiger partial charge in [0.1, 0.15) is 5.60 Å². The monoisotopic (exact) mass is 348 g/mol. The maximum absolute atomic E-state index is 12.7. The Morgan fingerprint density at radius 1 is 1.33 bits per heavy atom. The average molecular weight is 349 g/mol. The van der Waals surface area contributed by atoms with Gasteiger partial charge in [0.05, 0.1) is 0 Å². The van der Waals surface area contributed by atoms with Crippen LogP contribution in [0.5, 0.6) is 0 Å². The maximum Gasteiger partial charge on any atom is 0.256 e. The number of hydrogen-bond acceptors (Lipinski definition) is 4. The molecule has 0 unspecified atom stereocenters. The van der Waals surface area contributed by atoms with Crippen LogP contribution in [0.15, 0.2) is 24.3 Å². The number of carbonyl (C=O) groups is 1. The van der Waals surface area contributed by atoms with Gasteiger partial charge in [-0.15, -0.1) is 0 Å². The number of anilines is 1. The first-order valence-electron chi connectivity index (χ1n) is 9.00. The van der Waals surface area contributed by atoms with Crippen molar-refractivity contribution in [2.24, 2.45) is 0 Å². The van der Waals surface area contributed by atoms with Gasteiger partial charge in [0, 0.05) is 23.8 Å². The quantitative estimate of drug-likeness (QED) is 0.825. The Hall–Kier alpha value is -1.04. The van der Waals surface area contributed by atoms with Gasteiger partial charge in [-0.25, -0.2) is 0 Å². The molecule has 5 heteroatoms. The molecular formula is C19H28N2O2S. The second-order valence-corrected chi connectivity index (χ2v) is 8.11. The number of rotatable bonds is 6. The molecule has 1 saturated heterocycles. The number of thioether (sulfide) groups is 1. The molecule has 132 valence electrons. The standard InChI is InChI=1S/C19H28N2O2S/c1-23-19(9-11-20-12-10-19)18(22)21-16-6-4-5-15(13-16)14-24-17-7-2-3-8-17/h4-6,13,17,20H,2-3,7-12,14H2,1H3,(H,21,22). The Balaban J connectivity index is 1.59. The normalized spacial score (nSPS) is 20.9. The van der Waals surface area contributed by atoms with E-state index in [1.54, 1.807) is 7.11 Å². The van der Waals surface area contributed by atoms with E-state index < -0.39 is 5.60 Å². The van der Waals surface area contributed by atoms with Gasteiger partial charge < -0.3 is 15.4 Å². The molecule has 1 aliphatic carbocycles. The second-order valence-electron chi connectivity index (χ2n) is 6.82. The van der Waals surface area contributed by atoms with Gasteiger partial charge in [-0.1, -0.05) is 25.0 Å². The Kier molecular flexibility index (Phi) is 6.19. The summed E-state index contributed by atoms with van der Waals surface area (Å²) >= 11 is 2.05. The van der Waals surface area contributed by atoms with Crippen LogP contribution in [0.4, 0.5) is 5.69 Å². The molecule has 4 nitrogen and oxygen atoms in total. The van der Waals surface area contributed by atoms with Crippen molar-refractivity contribution in [2.45, 2.75) is 55.1 Å². The van der Waals surface area contributed by atoms with E-state index in [1.807, 2.05) is 12.1 Å². The summed E-state index contributed by atoms with van der Waals surface area (Å²) in [4.78, 5) is 12.7. The smallest absolute Gasteiger partial charge is 0.256 e. The van der Waals surface area contributed by atoms with Crippen LogP contribution >= 0.6 is 11.8 Å². The Morgan fingerprint density at radius 3 is 2.79 bits per heavy atom. The maximum atomic E-state index is 12.7. The van der Waals surface area contributed by atoms with Gasteiger partial charge in [-0.05, 0) is 56.5 Å². The SMILES string of the molecule is COC1(C(=O)Nc2cccc(CSC3CCCC3)c2)CCNCC1. The summed E-state index contributed by atoms with van der Waals surface area (Å²) in [6.07, 6.45) is 6.89. The van der Waals surface area contributed by atoms with Crippen molar-refractivity contribution in [1.29, 1.82) is 0 Å². The zero-order valence-corrected chi connectivity index (χ0v) is 15.3. The largest absolute Gasteiger partial charge is 0.368 e. The summed E-state index contributed by atoms with van der Waals surface area (Å²) < 4.78 is 5.60. The van der Waals surface area contributed by atoms with Gasteiger partial charge in [0.25, 0.3) is 5.91 Å². The molecule has 1 saturated carbocycles. The first kappa shape index (κ1) is 17.8. The van der Waals surface area contributed by atoms with Gasteiger partial charge >= 0.3 is 0 Å². The number of piperidine rings is 1. The lowest BCUT2D eigenvalue weighted by atomic mass is 9.91. The van der Waals surface area contributed by atoms with E-state index in [-0.39, 0.29) is 5.91 Å². The van der Waals surface area contributed by atoms with E-state index in [4.69, 9.17) is 4.74 Å². The molecule has 1 heterocycles. The number of carbonyl (C=O) groups excluding carboxylic acids is 1. The molecule has 0 aromatic heterocycles. The number of nitrogens with one attached hydrogen (secondary N) is 2. The van der Waals surface area contributed by atoms with Crippen LogP contribution in [0.1, 0.15) is 44.1 Å². The molecule has 1 aromatic rings. The molecule has 1 amide bonds. The van der Waals surface area contributed by atoms with E-state index in [9.17, 15) is 4.79 Å². The van der Waals surface area contributed by atoms with Crippen LogP contribution in [0, 0.1) is 0 Å². The predicted molar refractivity (Wildman–Crippen MR) is 100 cm³/mol. The summed E-state index contributed by atoms with van der Waals surface area (Å²) in [5, 5.41) is 7.17. The van der Waals surface area contributed by atoms with Crippen LogP contribution in [0.25, 0.3) is 0 Å². The molecule has 1 aliphatic heterocycles. The fourth-order valence-electron chi connectivity index (χ4n) is 3.61. The highest BCUT2D eigenvalue weighted by Crippen LogP contribution is 2.32. The van der Waals surface area contributed by atoms with Crippen LogP contribution in [0.3, 0.4) is 0 Å². The summed E-state index contributed by atoms with van der Waals surface area (Å²) in [7, 11) is 1.64. The van der Waals surface area contributed by atoms with E-state index >= 15 is 0 Å². The molecule has 0 radical (unpaired) electrons. The van der Waals surface area contributed by atoms with E-state index in [0.717, 1.165) is 29.8 Å². The minimum atomic E-state index is -0.695. The van der Waals surface area contributed by atoms with Crippen molar-refractivity contribution in [3.63, 3.8) is 0 Å². The third-order valence-electron chi connectivity index (χ3n) is 5.19. The molecule has 24 heavy (non-hydrogen) atoms. The van der Waals surface area contributed by atoms with Crippen molar-refractivity contribution >= 4 is 23.4 Å². The lowest BCUT2D eigenvalue weighted by molar-refractivity contribution is -0.140. The number of amides is 1. The molecule has 2 fully saturated rings. The number of ether oxygens (including phenoxy) is 1. The van der Waals surface area contributed by atoms with E-state index in [2.05, 4.69) is 34.5 Å². The first-order chi connectivity index (χ1) is 11.7. The molecular weight excluding hydrogens is 320 g/mol. The molecule has 3 rings (SSSR count). The highest BCUT2D eigenvalue weighted by molar-refractivity contribution is 7.99. The fourth-order valence-corrected chi connectivity index (χ4v) is 4.88. The third-order valence-corrected chi connectivity index (χ3v) is 6.63. The Morgan fingerprint density at radius 2 is 2.08 bits per heavy atom. The van der Waals surface area contributed by atoms with Crippen molar-refractivity contribution < 1.29 is 9.53 Å². The van der Waals surface area contributed by atoms with Crippen LogP contribution in [-0.4, -0.2) is 37.0 Å². The minimum absolute atomic E-state index is 0.0212. The molecule has 0 atom stereocenters. The summed E-state index contributed by atoms with van der Waals surface area (Å²) in [5.41, 5.74) is 1.46. The molecule has 0 spiro atoms. The fraction of sp³-hybridized carbons (Fsp3) is 0.632. The van der Waals surface area contributed by atoms with Crippen LogP contribution in [0.2, 0.25) is 0 Å². The molecule has 0 bridgehead atoms. The Bertz CT molecular complexity index is 552. The summed E-state index contributed by atoms with van der Waals surface area (Å²) in [5.74, 6) is 1.00. The zero-order chi connectivity index (χ0) is 16.8. The van der Waals surface area contributed by atoms with Crippen molar-refractivity contribution in [2.75, 3.05) is 25.5 Å². The van der Waals surface area contributed by atoms with Gasteiger partial charge in [0.2, 0.25) is 0 Å². The number of hydrogen-bond donors (Lipinski definition) is 2. The molecule has 2 aliphatic rings. The summed E-state index contributed by atoms with van der Waals surface area (Å²) in [6.45, 7) is 1.64. The van der Waals surface area contributed by atoms with Gasteiger partial charge in [0.15, 0.2) is 0 Å². The van der Waals surface area contributed by atoms with E-state index in [0.29, 0.717) is 12.8 Å². The van der Waals surface area contributed by atoms with Crippen LogP contribution in [-0.2, 0) is 15.3 Å². The van der Waals surface area contributed by atoms with Gasteiger partial charge in [-0.2, -0.15) is 11.8 Å². The highest BCUT2D eigenvalue weighted by Gasteiger charge is 2.39. The topological polar surface area (TPSA) is 50.4 Å². The average Bonchev–Trinajstić information content (AvgIpc) is 3.14. The van der Waals surface area contributed by atoms with Crippen LogP contribution < -0.4 is 10.6 Å². The first-order valence-corrected chi connectivity index (χ1v) is 10.0. The van der Waals surface area contributed by atoms with E-state index in [1.165, 1.54) is 31.2 Å². The highest BCUT2D eigenvalue weighted by atomic mass is 32.2. The Labute approximate surface area is 149 Å². The lowest BCUT2D eigenvalue weighted by Crippen LogP contribution is -2.51. The zero-order valence-electron chi connectivity index (χ0n) is 14.5. The number of methoxy groups -OCH3 is 1. The van der Waals surface area contributed by atoms with Gasteiger partial charge in [-0.3, -0.25) is 4.79 Å². The van der Waals surface area contributed by atoms with Crippen molar-refractivity contribution in [1.82, 2.24) is 5.32 Å².